The van der Waals surface area contributed by atoms with Crippen LogP contribution in [-0.4, -0.2) is 12.6 Å². The summed E-state index contributed by atoms with van der Waals surface area (Å²) in [6.07, 6.45) is 7.56. The molecule has 0 aliphatic rings. The first kappa shape index (κ1) is 17.0. The summed E-state index contributed by atoms with van der Waals surface area (Å²) in [7, 11) is 0. The molecule has 1 aromatic carbocycles. The Labute approximate surface area is 122 Å². The van der Waals surface area contributed by atoms with Gasteiger partial charge in [0.2, 0.25) is 0 Å². The Morgan fingerprint density at radius 2 is 1.85 bits per heavy atom. The molecule has 0 radical (unpaired) electrons. The molecule has 0 aliphatic heterocycles. The molecule has 0 saturated carbocycles. The van der Waals surface area contributed by atoms with Gasteiger partial charge in [0.25, 0.3) is 0 Å². The standard InChI is InChI=1S/C17H28FNO/c1-3-5-6-7-8-9-20-17-12-14(10-15(18)13-17)11-16(19)4-2/h10,12-13,16H,3-9,11,19H2,1-2H3. The van der Waals surface area contributed by atoms with E-state index in [0.717, 1.165) is 18.4 Å². The summed E-state index contributed by atoms with van der Waals surface area (Å²) in [6.45, 7) is 4.90. The van der Waals surface area contributed by atoms with Crippen molar-refractivity contribution in [2.24, 2.45) is 5.73 Å². The SMILES string of the molecule is CCCCCCCOc1cc(F)cc(CC(N)CC)c1. The van der Waals surface area contributed by atoms with Crippen LogP contribution in [0, 0.1) is 5.82 Å². The Kier molecular flexibility index (Phi) is 8.28. The highest BCUT2D eigenvalue weighted by Crippen LogP contribution is 2.18. The molecular weight excluding hydrogens is 253 g/mol. The van der Waals surface area contributed by atoms with Crippen molar-refractivity contribution in [1.82, 2.24) is 0 Å². The Morgan fingerprint density at radius 3 is 2.55 bits per heavy atom. The first-order valence-electron chi connectivity index (χ1n) is 7.83. The molecule has 0 aromatic heterocycles. The van der Waals surface area contributed by atoms with Crippen LogP contribution < -0.4 is 10.5 Å². The van der Waals surface area contributed by atoms with Crippen molar-refractivity contribution in [2.75, 3.05) is 6.61 Å². The molecule has 1 atom stereocenters. The van der Waals surface area contributed by atoms with Gasteiger partial charge in [-0.15, -0.1) is 0 Å². The topological polar surface area (TPSA) is 35.2 Å². The Balaban J connectivity index is 2.41. The zero-order chi connectivity index (χ0) is 14.8. The third kappa shape index (κ3) is 6.90. The van der Waals surface area contributed by atoms with Crippen LogP contribution in [0.15, 0.2) is 18.2 Å². The zero-order valence-corrected chi connectivity index (χ0v) is 12.8. The molecule has 0 amide bonds. The van der Waals surface area contributed by atoms with Gasteiger partial charge in [0.1, 0.15) is 11.6 Å². The van der Waals surface area contributed by atoms with Crippen LogP contribution in [0.3, 0.4) is 0 Å². The lowest BCUT2D eigenvalue weighted by Gasteiger charge is -2.11. The monoisotopic (exact) mass is 281 g/mol. The van der Waals surface area contributed by atoms with Gasteiger partial charge in [0.15, 0.2) is 0 Å². The minimum absolute atomic E-state index is 0.0821. The maximum Gasteiger partial charge on any atom is 0.127 e. The summed E-state index contributed by atoms with van der Waals surface area (Å²) in [6, 6.07) is 4.99. The first-order chi connectivity index (χ1) is 9.65. The van der Waals surface area contributed by atoms with Crippen molar-refractivity contribution in [1.29, 1.82) is 0 Å². The third-order valence-electron chi connectivity index (χ3n) is 3.47. The number of halogens is 1. The van der Waals surface area contributed by atoms with Crippen LogP contribution in [0.2, 0.25) is 0 Å². The minimum atomic E-state index is -0.244. The molecule has 3 heteroatoms. The van der Waals surface area contributed by atoms with Crippen molar-refractivity contribution in [3.05, 3.63) is 29.6 Å². The molecule has 0 spiro atoms. The summed E-state index contributed by atoms with van der Waals surface area (Å²) >= 11 is 0. The summed E-state index contributed by atoms with van der Waals surface area (Å²) in [5, 5.41) is 0. The fraction of sp³-hybridized carbons (Fsp3) is 0.647. The lowest BCUT2D eigenvalue weighted by atomic mass is 10.0. The zero-order valence-electron chi connectivity index (χ0n) is 12.8. The molecule has 20 heavy (non-hydrogen) atoms. The van der Waals surface area contributed by atoms with E-state index in [-0.39, 0.29) is 11.9 Å². The molecule has 0 fully saturated rings. The fourth-order valence-electron chi connectivity index (χ4n) is 2.16. The Hall–Kier alpha value is -1.09. The summed E-state index contributed by atoms with van der Waals surface area (Å²) in [5.74, 6) is 0.380. The number of hydrogen-bond donors (Lipinski definition) is 1. The number of nitrogens with two attached hydrogens (primary N) is 1. The maximum atomic E-state index is 13.5. The molecule has 2 nitrogen and oxygen atoms in total. The van der Waals surface area contributed by atoms with E-state index >= 15 is 0 Å². The molecule has 0 heterocycles. The molecule has 1 rings (SSSR count). The Bertz CT molecular complexity index is 381. The minimum Gasteiger partial charge on any atom is -0.493 e. The van der Waals surface area contributed by atoms with Crippen LogP contribution in [0.5, 0.6) is 5.75 Å². The summed E-state index contributed by atoms with van der Waals surface area (Å²) in [4.78, 5) is 0. The molecule has 0 saturated heterocycles. The van der Waals surface area contributed by atoms with Gasteiger partial charge in [-0.2, -0.15) is 0 Å². The number of unbranched alkanes of at least 4 members (excludes halogenated alkanes) is 4. The number of benzene rings is 1. The van der Waals surface area contributed by atoms with Crippen molar-refractivity contribution in [2.45, 2.75) is 64.8 Å². The van der Waals surface area contributed by atoms with E-state index in [2.05, 4.69) is 6.92 Å². The van der Waals surface area contributed by atoms with Crippen LogP contribution in [0.4, 0.5) is 4.39 Å². The van der Waals surface area contributed by atoms with Gasteiger partial charge < -0.3 is 10.5 Å². The van der Waals surface area contributed by atoms with Crippen molar-refractivity contribution < 1.29 is 9.13 Å². The van der Waals surface area contributed by atoms with E-state index in [4.69, 9.17) is 10.5 Å². The van der Waals surface area contributed by atoms with Gasteiger partial charge in [0, 0.05) is 12.1 Å². The summed E-state index contributed by atoms with van der Waals surface area (Å²) in [5.41, 5.74) is 6.83. The molecule has 2 N–H and O–H groups in total. The van der Waals surface area contributed by atoms with E-state index in [0.29, 0.717) is 18.8 Å². The largest absolute Gasteiger partial charge is 0.493 e. The van der Waals surface area contributed by atoms with E-state index in [1.54, 1.807) is 6.07 Å². The van der Waals surface area contributed by atoms with Crippen LogP contribution >= 0.6 is 0 Å². The second-order valence-corrected chi connectivity index (χ2v) is 5.43. The van der Waals surface area contributed by atoms with Crippen molar-refractivity contribution in [3.8, 4) is 5.75 Å². The second-order valence-electron chi connectivity index (χ2n) is 5.43. The smallest absolute Gasteiger partial charge is 0.127 e. The van der Waals surface area contributed by atoms with Crippen molar-refractivity contribution in [3.63, 3.8) is 0 Å². The van der Waals surface area contributed by atoms with E-state index in [9.17, 15) is 4.39 Å². The van der Waals surface area contributed by atoms with E-state index in [1.807, 2.05) is 13.0 Å². The number of ether oxygens (including phenoxy) is 1. The predicted octanol–water partition coefficient (Wildman–Crippen LogP) is 4.45. The normalized spacial score (nSPS) is 12.4. The lowest BCUT2D eigenvalue weighted by Crippen LogP contribution is -2.21. The highest BCUT2D eigenvalue weighted by Gasteiger charge is 2.06. The van der Waals surface area contributed by atoms with Crippen molar-refractivity contribution >= 4 is 0 Å². The predicted molar refractivity (Wildman–Crippen MR) is 82.6 cm³/mol. The van der Waals surface area contributed by atoms with Gasteiger partial charge >= 0.3 is 0 Å². The highest BCUT2D eigenvalue weighted by atomic mass is 19.1. The molecule has 1 aromatic rings. The molecular formula is C17H28FNO. The van der Waals surface area contributed by atoms with Crippen LogP contribution in [0.1, 0.15) is 57.9 Å². The van der Waals surface area contributed by atoms with Gasteiger partial charge in [-0.05, 0) is 37.0 Å². The summed E-state index contributed by atoms with van der Waals surface area (Å²) < 4.78 is 19.2. The second kappa shape index (κ2) is 9.76. The van der Waals surface area contributed by atoms with E-state index in [1.165, 1.54) is 31.7 Å². The lowest BCUT2D eigenvalue weighted by molar-refractivity contribution is 0.302. The number of rotatable bonds is 10. The van der Waals surface area contributed by atoms with Crippen LogP contribution in [-0.2, 0) is 6.42 Å². The van der Waals surface area contributed by atoms with Crippen LogP contribution in [0.25, 0.3) is 0 Å². The molecule has 0 bridgehead atoms. The quantitative estimate of drug-likeness (QED) is 0.643. The average molecular weight is 281 g/mol. The van der Waals surface area contributed by atoms with Gasteiger partial charge in [0.05, 0.1) is 6.61 Å². The maximum absolute atomic E-state index is 13.5. The molecule has 0 aliphatic carbocycles. The molecule has 114 valence electrons. The highest BCUT2D eigenvalue weighted by molar-refractivity contribution is 5.30. The van der Waals surface area contributed by atoms with Gasteiger partial charge in [-0.25, -0.2) is 4.39 Å². The van der Waals surface area contributed by atoms with Gasteiger partial charge in [-0.1, -0.05) is 39.5 Å². The first-order valence-corrected chi connectivity index (χ1v) is 7.83. The van der Waals surface area contributed by atoms with Gasteiger partial charge in [-0.3, -0.25) is 0 Å². The fourth-order valence-corrected chi connectivity index (χ4v) is 2.16. The number of hydrogen-bond acceptors (Lipinski definition) is 2. The Morgan fingerprint density at radius 1 is 1.10 bits per heavy atom. The average Bonchev–Trinajstić information content (AvgIpc) is 2.42. The molecule has 1 unspecified atom stereocenters. The van der Waals surface area contributed by atoms with E-state index < -0.39 is 0 Å². The third-order valence-corrected chi connectivity index (χ3v) is 3.47.